The van der Waals surface area contributed by atoms with E-state index in [0.717, 1.165) is 68.6 Å². The molecule has 2 aliphatic rings. The van der Waals surface area contributed by atoms with Crippen LogP contribution >= 0.6 is 0 Å². The molecule has 6 nitrogen and oxygen atoms in total. The van der Waals surface area contributed by atoms with Crippen molar-refractivity contribution in [2.75, 3.05) is 31.9 Å². The standard InChI is InChI=1S/C21H26FN5O/c22-16-8-6-15(7-9-16)17-13-24-21(23)25-20(17)18-5-1-2-12-27(18)14-19(28)26-10-3-4-11-26/h6-9,13,18H,1-5,10-12,14H2,(H2,23,24,25). The summed E-state index contributed by atoms with van der Waals surface area (Å²) < 4.78 is 13.4. The van der Waals surface area contributed by atoms with Crippen molar-refractivity contribution in [3.8, 4) is 11.1 Å². The fraction of sp³-hybridized carbons (Fsp3) is 0.476. The molecule has 7 heteroatoms. The molecule has 1 amide bonds. The van der Waals surface area contributed by atoms with Crippen LogP contribution in [-0.4, -0.2) is 51.9 Å². The van der Waals surface area contributed by atoms with Crippen LogP contribution in [0.1, 0.15) is 43.8 Å². The summed E-state index contributed by atoms with van der Waals surface area (Å²) >= 11 is 0. The zero-order chi connectivity index (χ0) is 19.5. The molecular formula is C21H26FN5O. The van der Waals surface area contributed by atoms with Crippen LogP contribution in [0.25, 0.3) is 11.1 Å². The summed E-state index contributed by atoms with van der Waals surface area (Å²) in [5.74, 6) is 0.129. The van der Waals surface area contributed by atoms with Crippen molar-refractivity contribution in [1.29, 1.82) is 0 Å². The molecule has 2 aliphatic heterocycles. The Bertz CT molecular complexity index is 835. The second kappa shape index (κ2) is 8.22. The molecule has 1 atom stereocenters. The van der Waals surface area contributed by atoms with Crippen LogP contribution in [0.4, 0.5) is 10.3 Å². The molecule has 0 aliphatic carbocycles. The molecule has 0 saturated carbocycles. The number of nitrogen functional groups attached to an aromatic ring is 1. The lowest BCUT2D eigenvalue weighted by atomic mass is 9.93. The third kappa shape index (κ3) is 3.99. The van der Waals surface area contributed by atoms with Crippen molar-refractivity contribution in [1.82, 2.24) is 19.8 Å². The van der Waals surface area contributed by atoms with Gasteiger partial charge in [0.05, 0.1) is 18.3 Å². The molecule has 1 aromatic carbocycles. The largest absolute Gasteiger partial charge is 0.368 e. The number of rotatable bonds is 4. The number of carbonyl (C=O) groups is 1. The van der Waals surface area contributed by atoms with Gasteiger partial charge < -0.3 is 10.6 Å². The average Bonchev–Trinajstić information content (AvgIpc) is 3.24. The molecule has 0 bridgehead atoms. The molecule has 2 aromatic rings. The van der Waals surface area contributed by atoms with E-state index in [2.05, 4.69) is 14.9 Å². The number of amides is 1. The summed E-state index contributed by atoms with van der Waals surface area (Å²) in [7, 11) is 0. The zero-order valence-corrected chi connectivity index (χ0v) is 16.0. The molecule has 1 unspecified atom stereocenters. The number of halogens is 1. The van der Waals surface area contributed by atoms with Crippen molar-refractivity contribution in [3.05, 3.63) is 42.0 Å². The van der Waals surface area contributed by atoms with Gasteiger partial charge in [0.1, 0.15) is 5.82 Å². The van der Waals surface area contributed by atoms with Gasteiger partial charge in [-0.3, -0.25) is 9.69 Å². The lowest BCUT2D eigenvalue weighted by Crippen LogP contribution is -2.43. The van der Waals surface area contributed by atoms with Gasteiger partial charge in [-0.15, -0.1) is 0 Å². The van der Waals surface area contributed by atoms with Crippen LogP contribution in [-0.2, 0) is 4.79 Å². The SMILES string of the molecule is Nc1ncc(-c2ccc(F)cc2)c(C2CCCCN2CC(=O)N2CCCC2)n1. The topological polar surface area (TPSA) is 75.3 Å². The molecular weight excluding hydrogens is 357 g/mol. The Morgan fingerprint density at radius 3 is 2.57 bits per heavy atom. The monoisotopic (exact) mass is 383 g/mol. The average molecular weight is 383 g/mol. The van der Waals surface area contributed by atoms with E-state index in [1.165, 1.54) is 12.1 Å². The smallest absolute Gasteiger partial charge is 0.236 e. The Morgan fingerprint density at radius 2 is 1.82 bits per heavy atom. The minimum absolute atomic E-state index is 0.00524. The third-order valence-electron chi connectivity index (χ3n) is 5.72. The van der Waals surface area contributed by atoms with Gasteiger partial charge in [0.2, 0.25) is 11.9 Å². The Labute approximate surface area is 164 Å². The van der Waals surface area contributed by atoms with E-state index < -0.39 is 0 Å². The predicted molar refractivity (Wildman–Crippen MR) is 106 cm³/mol. The fourth-order valence-electron chi connectivity index (χ4n) is 4.25. The Hall–Kier alpha value is -2.54. The molecule has 0 spiro atoms. The maximum Gasteiger partial charge on any atom is 0.236 e. The van der Waals surface area contributed by atoms with E-state index in [9.17, 15) is 9.18 Å². The summed E-state index contributed by atoms with van der Waals surface area (Å²) in [6.07, 6.45) is 6.94. The van der Waals surface area contributed by atoms with Crippen LogP contribution < -0.4 is 5.73 Å². The highest BCUT2D eigenvalue weighted by Crippen LogP contribution is 2.36. The predicted octanol–water partition coefficient (Wildman–Crippen LogP) is 3.01. The van der Waals surface area contributed by atoms with Crippen LogP contribution in [0.5, 0.6) is 0 Å². The Morgan fingerprint density at radius 1 is 1.11 bits per heavy atom. The first-order chi connectivity index (χ1) is 13.6. The number of hydrogen-bond acceptors (Lipinski definition) is 5. The zero-order valence-electron chi connectivity index (χ0n) is 16.0. The van der Waals surface area contributed by atoms with Crippen molar-refractivity contribution in [3.63, 3.8) is 0 Å². The van der Waals surface area contributed by atoms with Crippen molar-refractivity contribution in [2.45, 2.75) is 38.1 Å². The van der Waals surface area contributed by atoms with Crippen molar-refractivity contribution >= 4 is 11.9 Å². The van der Waals surface area contributed by atoms with E-state index in [0.29, 0.717) is 6.54 Å². The lowest BCUT2D eigenvalue weighted by molar-refractivity contribution is -0.132. The fourth-order valence-corrected chi connectivity index (χ4v) is 4.25. The minimum Gasteiger partial charge on any atom is -0.368 e. The van der Waals surface area contributed by atoms with Crippen LogP contribution in [0.15, 0.2) is 30.5 Å². The van der Waals surface area contributed by atoms with Gasteiger partial charge in [0, 0.05) is 24.8 Å². The van der Waals surface area contributed by atoms with Crippen molar-refractivity contribution < 1.29 is 9.18 Å². The normalized spacial score (nSPS) is 20.5. The highest BCUT2D eigenvalue weighted by molar-refractivity contribution is 5.78. The number of anilines is 1. The minimum atomic E-state index is -0.280. The second-order valence-electron chi connectivity index (χ2n) is 7.60. The Kier molecular flexibility index (Phi) is 5.52. The first-order valence-corrected chi connectivity index (χ1v) is 10.0. The molecule has 1 aromatic heterocycles. The van der Waals surface area contributed by atoms with Gasteiger partial charge in [-0.1, -0.05) is 18.6 Å². The molecule has 2 saturated heterocycles. The van der Waals surface area contributed by atoms with E-state index in [1.807, 2.05) is 4.90 Å². The van der Waals surface area contributed by atoms with Crippen LogP contribution in [0, 0.1) is 5.82 Å². The third-order valence-corrected chi connectivity index (χ3v) is 5.72. The maximum atomic E-state index is 13.4. The van der Waals surface area contributed by atoms with Gasteiger partial charge in [-0.05, 0) is 49.9 Å². The number of hydrogen-bond donors (Lipinski definition) is 1. The van der Waals surface area contributed by atoms with Crippen molar-refractivity contribution in [2.24, 2.45) is 0 Å². The molecule has 4 rings (SSSR count). The number of nitrogens with zero attached hydrogens (tertiary/aromatic N) is 4. The number of benzene rings is 1. The number of likely N-dealkylation sites (tertiary alicyclic amines) is 2. The highest BCUT2D eigenvalue weighted by Gasteiger charge is 2.31. The van der Waals surface area contributed by atoms with Crippen LogP contribution in [0.3, 0.4) is 0 Å². The highest BCUT2D eigenvalue weighted by atomic mass is 19.1. The number of carbonyl (C=O) groups excluding carboxylic acids is 1. The van der Waals surface area contributed by atoms with Gasteiger partial charge in [0.15, 0.2) is 0 Å². The quantitative estimate of drug-likeness (QED) is 0.878. The molecule has 2 N–H and O–H groups in total. The van der Waals surface area contributed by atoms with Gasteiger partial charge in [-0.2, -0.15) is 0 Å². The molecule has 2 fully saturated rings. The summed E-state index contributed by atoms with van der Waals surface area (Å²) in [4.78, 5) is 25.6. The van der Waals surface area contributed by atoms with Gasteiger partial charge >= 0.3 is 0 Å². The first kappa shape index (κ1) is 18.8. The summed E-state index contributed by atoms with van der Waals surface area (Å²) in [6.45, 7) is 2.98. The van der Waals surface area contributed by atoms with E-state index in [-0.39, 0.29) is 23.7 Å². The summed E-state index contributed by atoms with van der Waals surface area (Å²) in [5.41, 5.74) is 8.43. The van der Waals surface area contributed by atoms with Crippen LogP contribution in [0.2, 0.25) is 0 Å². The lowest BCUT2D eigenvalue weighted by Gasteiger charge is -2.36. The van der Waals surface area contributed by atoms with E-state index >= 15 is 0 Å². The molecule has 148 valence electrons. The second-order valence-corrected chi connectivity index (χ2v) is 7.60. The summed E-state index contributed by atoms with van der Waals surface area (Å²) in [6, 6.07) is 6.34. The van der Waals surface area contributed by atoms with Gasteiger partial charge in [0.25, 0.3) is 0 Å². The molecule has 3 heterocycles. The van der Waals surface area contributed by atoms with E-state index in [4.69, 9.17) is 5.73 Å². The summed E-state index contributed by atoms with van der Waals surface area (Å²) in [5, 5.41) is 0. The molecule has 0 radical (unpaired) electrons. The number of piperidine rings is 1. The molecule has 28 heavy (non-hydrogen) atoms. The van der Waals surface area contributed by atoms with Gasteiger partial charge in [-0.25, -0.2) is 14.4 Å². The maximum absolute atomic E-state index is 13.4. The number of nitrogens with two attached hydrogens (primary N) is 1. The van der Waals surface area contributed by atoms with E-state index in [1.54, 1.807) is 18.3 Å². The Balaban J connectivity index is 1.64. The number of aromatic nitrogens is 2. The first-order valence-electron chi connectivity index (χ1n) is 10.0.